The molecule has 0 heterocycles. The zero-order valence-corrected chi connectivity index (χ0v) is 14.2. The molecule has 11 nitrogen and oxygen atoms in total. The lowest BCUT2D eigenvalue weighted by Crippen LogP contribution is -2.37. The fourth-order valence-corrected chi connectivity index (χ4v) is 1.75. The number of hydrogen-bond donors (Lipinski definition) is 4. The van der Waals surface area contributed by atoms with Gasteiger partial charge in [0.1, 0.15) is 6.61 Å². The first-order valence-corrected chi connectivity index (χ1v) is 8.45. The highest BCUT2D eigenvalue weighted by Crippen LogP contribution is 1.85. The minimum absolute atomic E-state index is 0.0307. The van der Waals surface area contributed by atoms with E-state index in [4.69, 9.17) is 25.1 Å². The second kappa shape index (κ2) is 16.5. The van der Waals surface area contributed by atoms with Crippen LogP contribution in [0, 0.1) is 0 Å². The molecule has 1 atom stereocenters. The summed E-state index contributed by atoms with van der Waals surface area (Å²) in [5.74, 6) is -0.901. The SMILES string of the molecule is NCCOC(=O)NS(=O)NCCOCCOCCOCCC(=O)O. The molecule has 0 bridgehead atoms. The van der Waals surface area contributed by atoms with Crippen molar-refractivity contribution in [3.8, 4) is 0 Å². The Hall–Kier alpha value is -1.31. The average molecular weight is 371 g/mol. The molecule has 0 aromatic rings. The summed E-state index contributed by atoms with van der Waals surface area (Å²) in [5.41, 5.74) is 5.15. The zero-order valence-electron chi connectivity index (χ0n) is 13.4. The van der Waals surface area contributed by atoms with Crippen LogP contribution in [-0.4, -0.2) is 80.7 Å². The minimum atomic E-state index is -1.76. The van der Waals surface area contributed by atoms with Gasteiger partial charge >= 0.3 is 12.1 Å². The highest BCUT2D eigenvalue weighted by atomic mass is 32.2. The molecule has 0 saturated carbocycles. The highest BCUT2D eigenvalue weighted by Gasteiger charge is 2.05. The minimum Gasteiger partial charge on any atom is -0.481 e. The highest BCUT2D eigenvalue weighted by molar-refractivity contribution is 7.81. The molecule has 0 aromatic carbocycles. The van der Waals surface area contributed by atoms with Crippen molar-refractivity contribution >= 4 is 23.2 Å². The summed E-state index contributed by atoms with van der Waals surface area (Å²) >= 11 is -1.76. The number of amides is 1. The third-order valence-corrected chi connectivity index (χ3v) is 3.03. The van der Waals surface area contributed by atoms with Crippen molar-refractivity contribution in [1.82, 2.24) is 9.44 Å². The number of carbonyl (C=O) groups excluding carboxylic acids is 1. The predicted octanol–water partition coefficient (Wildman–Crippen LogP) is -1.64. The van der Waals surface area contributed by atoms with Crippen LogP contribution >= 0.6 is 0 Å². The Labute approximate surface area is 142 Å². The fraction of sp³-hybridized carbons (Fsp3) is 0.833. The average Bonchev–Trinajstić information content (AvgIpc) is 2.53. The molecule has 24 heavy (non-hydrogen) atoms. The Morgan fingerprint density at radius 1 is 0.958 bits per heavy atom. The summed E-state index contributed by atoms with van der Waals surface area (Å²) in [5, 5.41) is 8.39. The number of aliphatic carboxylic acids is 1. The first kappa shape index (κ1) is 22.7. The number of carboxylic acids is 1. The molecule has 0 radical (unpaired) electrons. The molecule has 0 rings (SSSR count). The summed E-state index contributed by atoms with van der Waals surface area (Å²) in [6, 6.07) is 0. The van der Waals surface area contributed by atoms with Gasteiger partial charge < -0.3 is 29.8 Å². The maximum absolute atomic E-state index is 11.3. The van der Waals surface area contributed by atoms with Gasteiger partial charge in [0.15, 0.2) is 11.2 Å². The fourth-order valence-electron chi connectivity index (χ4n) is 1.20. The van der Waals surface area contributed by atoms with Crippen molar-refractivity contribution in [2.45, 2.75) is 6.42 Å². The van der Waals surface area contributed by atoms with Crippen LogP contribution in [0.15, 0.2) is 0 Å². The van der Waals surface area contributed by atoms with Gasteiger partial charge in [0.05, 0.1) is 46.1 Å². The van der Waals surface area contributed by atoms with Crippen molar-refractivity contribution in [1.29, 1.82) is 0 Å². The van der Waals surface area contributed by atoms with Crippen molar-refractivity contribution in [2.24, 2.45) is 5.73 Å². The maximum atomic E-state index is 11.3. The Morgan fingerprint density at radius 2 is 1.54 bits per heavy atom. The Balaban J connectivity index is 3.26. The van der Waals surface area contributed by atoms with Crippen molar-refractivity contribution in [3.05, 3.63) is 0 Å². The zero-order chi connectivity index (χ0) is 18.0. The van der Waals surface area contributed by atoms with E-state index >= 15 is 0 Å². The number of hydrogen-bond acceptors (Lipinski definition) is 8. The lowest BCUT2D eigenvalue weighted by atomic mass is 10.5. The molecule has 1 amide bonds. The van der Waals surface area contributed by atoms with Crippen LogP contribution in [0.5, 0.6) is 0 Å². The second-order valence-corrected chi connectivity index (χ2v) is 5.20. The Kier molecular flexibility index (Phi) is 15.6. The number of carbonyl (C=O) groups is 2. The van der Waals surface area contributed by atoms with Gasteiger partial charge in [-0.2, -0.15) is 0 Å². The van der Waals surface area contributed by atoms with Gasteiger partial charge in [0, 0.05) is 13.1 Å². The first-order valence-electron chi connectivity index (χ1n) is 7.30. The summed E-state index contributed by atoms with van der Waals surface area (Å²) in [7, 11) is 0. The molecule has 0 aliphatic rings. The number of carboxylic acid groups (broad SMARTS) is 1. The number of rotatable bonds is 16. The van der Waals surface area contributed by atoms with Crippen LogP contribution in [0.25, 0.3) is 0 Å². The van der Waals surface area contributed by atoms with Gasteiger partial charge in [0.25, 0.3) is 0 Å². The first-order chi connectivity index (χ1) is 11.6. The van der Waals surface area contributed by atoms with Crippen molar-refractivity contribution < 1.29 is 37.9 Å². The third kappa shape index (κ3) is 17.1. The van der Waals surface area contributed by atoms with Gasteiger partial charge in [-0.05, 0) is 0 Å². The molecule has 1 unspecified atom stereocenters. The molecule has 0 aromatic heterocycles. The lowest BCUT2D eigenvalue weighted by molar-refractivity contribution is -0.138. The van der Waals surface area contributed by atoms with Crippen LogP contribution in [-0.2, 0) is 34.9 Å². The molecular weight excluding hydrogens is 346 g/mol. The molecule has 5 N–H and O–H groups in total. The second-order valence-electron chi connectivity index (χ2n) is 4.17. The molecule has 0 saturated heterocycles. The standard InChI is InChI=1S/C12H25N3O8S/c13-2-5-23-12(18)15-24(19)14-3-6-21-8-10-22-9-7-20-4-1-11(16)17/h14H,1-10,13H2,(H,15,18)(H,16,17). The van der Waals surface area contributed by atoms with Crippen LogP contribution < -0.4 is 15.2 Å². The van der Waals surface area contributed by atoms with Gasteiger partial charge in [-0.15, -0.1) is 0 Å². The third-order valence-electron chi connectivity index (χ3n) is 2.21. The van der Waals surface area contributed by atoms with E-state index in [1.54, 1.807) is 0 Å². The molecule has 0 aliphatic carbocycles. The van der Waals surface area contributed by atoms with Gasteiger partial charge in [-0.3, -0.25) is 4.79 Å². The molecule has 12 heteroatoms. The van der Waals surface area contributed by atoms with E-state index in [1.165, 1.54) is 0 Å². The molecule has 0 spiro atoms. The van der Waals surface area contributed by atoms with E-state index in [-0.39, 0.29) is 39.3 Å². The van der Waals surface area contributed by atoms with E-state index in [9.17, 15) is 13.8 Å². The van der Waals surface area contributed by atoms with Crippen LogP contribution in [0.4, 0.5) is 4.79 Å². The van der Waals surface area contributed by atoms with E-state index in [0.29, 0.717) is 26.4 Å². The summed E-state index contributed by atoms with van der Waals surface area (Å²) in [6.07, 6.45) is -0.844. The quantitative estimate of drug-likeness (QED) is 0.234. The summed E-state index contributed by atoms with van der Waals surface area (Å²) in [6.45, 7) is 2.32. The smallest absolute Gasteiger partial charge is 0.420 e. The maximum Gasteiger partial charge on any atom is 0.420 e. The van der Waals surface area contributed by atoms with E-state index in [0.717, 1.165) is 0 Å². The summed E-state index contributed by atoms with van der Waals surface area (Å²) in [4.78, 5) is 21.3. The van der Waals surface area contributed by atoms with Gasteiger partial charge in [-0.1, -0.05) is 0 Å². The van der Waals surface area contributed by atoms with Gasteiger partial charge in [-0.25, -0.2) is 18.4 Å². The van der Waals surface area contributed by atoms with Gasteiger partial charge in [0.2, 0.25) is 0 Å². The molecular formula is C12H25N3O8S. The number of ether oxygens (including phenoxy) is 4. The number of nitrogens with one attached hydrogen (secondary N) is 2. The topological polar surface area (TPSA) is 158 Å². The largest absolute Gasteiger partial charge is 0.481 e. The molecule has 0 aliphatic heterocycles. The normalized spacial score (nSPS) is 11.9. The predicted molar refractivity (Wildman–Crippen MR) is 84.4 cm³/mol. The van der Waals surface area contributed by atoms with Crippen LogP contribution in [0.1, 0.15) is 6.42 Å². The Morgan fingerprint density at radius 3 is 2.12 bits per heavy atom. The lowest BCUT2D eigenvalue weighted by Gasteiger charge is -2.08. The van der Waals surface area contributed by atoms with Crippen LogP contribution in [0.3, 0.4) is 0 Å². The monoisotopic (exact) mass is 371 g/mol. The van der Waals surface area contributed by atoms with E-state index < -0.39 is 23.2 Å². The van der Waals surface area contributed by atoms with Crippen LogP contribution in [0.2, 0.25) is 0 Å². The molecule has 142 valence electrons. The van der Waals surface area contributed by atoms with E-state index in [2.05, 4.69) is 14.2 Å². The molecule has 0 fully saturated rings. The van der Waals surface area contributed by atoms with E-state index in [1.807, 2.05) is 0 Å². The van der Waals surface area contributed by atoms with Crippen molar-refractivity contribution in [2.75, 3.05) is 59.3 Å². The van der Waals surface area contributed by atoms with Crippen molar-refractivity contribution in [3.63, 3.8) is 0 Å². The Bertz CT molecular complexity index is 372. The summed E-state index contributed by atoms with van der Waals surface area (Å²) < 4.78 is 36.0. The number of nitrogens with two attached hydrogens (primary N) is 1.